The maximum atomic E-state index is 12.4. The first-order chi connectivity index (χ1) is 9.17. The molecule has 20 heavy (non-hydrogen) atoms. The number of hydrogen-bond acceptors (Lipinski definition) is 4. The van der Waals surface area contributed by atoms with Gasteiger partial charge in [0, 0.05) is 27.2 Å². The molecule has 6 nitrogen and oxygen atoms in total. The summed E-state index contributed by atoms with van der Waals surface area (Å²) in [6, 6.07) is 0. The highest BCUT2D eigenvalue weighted by molar-refractivity contribution is 5.91. The molecule has 1 fully saturated rings. The van der Waals surface area contributed by atoms with Crippen LogP contribution in [0.5, 0.6) is 0 Å². The third-order valence-corrected chi connectivity index (χ3v) is 4.09. The summed E-state index contributed by atoms with van der Waals surface area (Å²) >= 11 is 0. The predicted octanol–water partition coefficient (Wildman–Crippen LogP) is 1.18. The van der Waals surface area contributed by atoms with Crippen LogP contribution in [0.2, 0.25) is 0 Å². The quantitative estimate of drug-likeness (QED) is 0.883. The molecule has 0 aliphatic carbocycles. The molecule has 0 aromatic carbocycles. The second-order valence-electron chi connectivity index (χ2n) is 6.34. The average molecular weight is 279 g/mol. The van der Waals surface area contributed by atoms with Gasteiger partial charge in [-0.1, -0.05) is 13.8 Å². The van der Waals surface area contributed by atoms with Crippen LogP contribution in [0.1, 0.15) is 39.3 Å². The van der Waals surface area contributed by atoms with Crippen molar-refractivity contribution in [3.8, 4) is 0 Å². The van der Waals surface area contributed by atoms with E-state index in [0.29, 0.717) is 12.2 Å². The van der Waals surface area contributed by atoms with Gasteiger partial charge in [-0.05, 0) is 19.8 Å². The minimum absolute atomic E-state index is 0.107. The highest BCUT2D eigenvalue weighted by atomic mass is 16.2. The number of aryl methyl sites for hydroxylation is 1. The molecule has 0 atom stereocenters. The average Bonchev–Trinajstić information content (AvgIpc) is 2.64. The van der Waals surface area contributed by atoms with Crippen molar-refractivity contribution in [3.63, 3.8) is 0 Å². The topological polar surface area (TPSA) is 67.4 Å². The lowest BCUT2D eigenvalue weighted by molar-refractivity contribution is -0.136. The number of piperazine rings is 1. The van der Waals surface area contributed by atoms with E-state index in [1.165, 1.54) is 0 Å². The van der Waals surface area contributed by atoms with Gasteiger partial charge in [-0.3, -0.25) is 9.48 Å². The molecule has 6 heteroatoms. The molecule has 2 N–H and O–H groups in total. The maximum Gasteiger partial charge on any atom is 0.247 e. The van der Waals surface area contributed by atoms with Gasteiger partial charge >= 0.3 is 0 Å². The van der Waals surface area contributed by atoms with Gasteiger partial charge in [0.2, 0.25) is 5.91 Å². The van der Waals surface area contributed by atoms with Crippen LogP contribution in [0.4, 0.5) is 11.5 Å². The van der Waals surface area contributed by atoms with E-state index in [9.17, 15) is 4.79 Å². The molecule has 1 aliphatic heterocycles. The van der Waals surface area contributed by atoms with Crippen LogP contribution in [-0.2, 0) is 11.8 Å². The molecule has 0 unspecified atom stereocenters. The molecule has 1 aromatic heterocycles. The Balaban J connectivity index is 2.49. The van der Waals surface area contributed by atoms with Gasteiger partial charge in [0.1, 0.15) is 5.54 Å². The molecule has 1 saturated heterocycles. The Morgan fingerprint density at radius 3 is 2.35 bits per heavy atom. The first-order valence-electron chi connectivity index (χ1n) is 7.03. The van der Waals surface area contributed by atoms with E-state index in [1.807, 2.05) is 27.9 Å². The van der Waals surface area contributed by atoms with Gasteiger partial charge in [0.15, 0.2) is 5.82 Å². The Kier molecular flexibility index (Phi) is 3.44. The molecule has 0 saturated carbocycles. The van der Waals surface area contributed by atoms with Crippen LogP contribution in [0.3, 0.4) is 0 Å². The van der Waals surface area contributed by atoms with Crippen molar-refractivity contribution >= 4 is 17.4 Å². The standard InChI is InChI=1S/C14H25N5O/c1-9(2)11-10(15)12(18(6)16-11)19-8-7-17(5)13(20)14(19,3)4/h9H,7-8,15H2,1-6H3. The van der Waals surface area contributed by atoms with Crippen LogP contribution in [0, 0.1) is 0 Å². The largest absolute Gasteiger partial charge is 0.394 e. The second-order valence-corrected chi connectivity index (χ2v) is 6.34. The van der Waals surface area contributed by atoms with Gasteiger partial charge < -0.3 is 15.5 Å². The van der Waals surface area contributed by atoms with Crippen molar-refractivity contribution in [1.29, 1.82) is 0 Å². The molecular weight excluding hydrogens is 254 g/mol. The van der Waals surface area contributed by atoms with Crippen molar-refractivity contribution in [2.45, 2.75) is 39.2 Å². The summed E-state index contributed by atoms with van der Waals surface area (Å²) in [6.45, 7) is 9.48. The Labute approximate surface area is 120 Å². The van der Waals surface area contributed by atoms with E-state index < -0.39 is 5.54 Å². The molecule has 1 aliphatic rings. The van der Waals surface area contributed by atoms with Crippen LogP contribution in [-0.4, -0.2) is 46.3 Å². The second kappa shape index (κ2) is 4.68. The van der Waals surface area contributed by atoms with Gasteiger partial charge in [-0.2, -0.15) is 5.10 Å². The summed E-state index contributed by atoms with van der Waals surface area (Å²) in [5.41, 5.74) is 7.26. The number of rotatable bonds is 2. The smallest absolute Gasteiger partial charge is 0.247 e. The lowest BCUT2D eigenvalue weighted by Crippen LogP contribution is -2.62. The number of amides is 1. The summed E-state index contributed by atoms with van der Waals surface area (Å²) in [4.78, 5) is 16.3. The Hall–Kier alpha value is -1.72. The van der Waals surface area contributed by atoms with E-state index in [0.717, 1.165) is 18.1 Å². The number of aromatic nitrogens is 2. The zero-order valence-electron chi connectivity index (χ0n) is 13.3. The molecule has 0 spiro atoms. The van der Waals surface area contributed by atoms with Crippen LogP contribution in [0.25, 0.3) is 0 Å². The highest BCUT2D eigenvalue weighted by Crippen LogP contribution is 2.36. The number of likely N-dealkylation sites (N-methyl/N-ethyl adjacent to an activating group) is 1. The van der Waals surface area contributed by atoms with E-state index in [-0.39, 0.29) is 11.8 Å². The lowest BCUT2D eigenvalue weighted by Gasteiger charge is -2.45. The van der Waals surface area contributed by atoms with Gasteiger partial charge in [-0.25, -0.2) is 0 Å². The number of nitrogen functional groups attached to an aromatic ring is 1. The predicted molar refractivity (Wildman–Crippen MR) is 80.8 cm³/mol. The van der Waals surface area contributed by atoms with E-state index in [1.54, 1.807) is 9.58 Å². The fourth-order valence-electron chi connectivity index (χ4n) is 2.88. The molecular formula is C14H25N5O. The van der Waals surface area contributed by atoms with Crippen LogP contribution in [0.15, 0.2) is 0 Å². The van der Waals surface area contributed by atoms with Gasteiger partial charge in [-0.15, -0.1) is 0 Å². The molecule has 0 bridgehead atoms. The molecule has 2 rings (SSSR count). The molecule has 2 heterocycles. The van der Waals surface area contributed by atoms with Gasteiger partial charge in [0.05, 0.1) is 11.4 Å². The SMILES string of the molecule is CC(C)c1nn(C)c(N2CCN(C)C(=O)C2(C)C)c1N. The van der Waals surface area contributed by atoms with Crippen LogP contribution < -0.4 is 10.6 Å². The third-order valence-electron chi connectivity index (χ3n) is 4.09. The number of nitrogens with zero attached hydrogens (tertiary/aromatic N) is 4. The van der Waals surface area contributed by atoms with Crippen molar-refractivity contribution in [2.75, 3.05) is 30.8 Å². The number of carbonyl (C=O) groups excluding carboxylic acids is 1. The summed E-state index contributed by atoms with van der Waals surface area (Å²) in [7, 11) is 3.73. The molecule has 1 amide bonds. The zero-order chi connectivity index (χ0) is 15.2. The summed E-state index contributed by atoms with van der Waals surface area (Å²) in [6.07, 6.45) is 0. The molecule has 0 radical (unpaired) electrons. The number of anilines is 2. The first-order valence-corrected chi connectivity index (χ1v) is 7.03. The normalized spacial score (nSPS) is 19.1. The minimum atomic E-state index is -0.608. The van der Waals surface area contributed by atoms with Crippen molar-refractivity contribution < 1.29 is 4.79 Å². The number of nitrogens with two attached hydrogens (primary N) is 1. The van der Waals surface area contributed by atoms with Crippen molar-refractivity contribution in [3.05, 3.63) is 5.69 Å². The Morgan fingerprint density at radius 1 is 1.25 bits per heavy atom. The summed E-state index contributed by atoms with van der Waals surface area (Å²) < 4.78 is 1.80. The van der Waals surface area contributed by atoms with Crippen molar-refractivity contribution in [2.24, 2.45) is 7.05 Å². The fourth-order valence-corrected chi connectivity index (χ4v) is 2.88. The Morgan fingerprint density at radius 2 is 1.85 bits per heavy atom. The maximum absolute atomic E-state index is 12.4. The number of carbonyl (C=O) groups is 1. The summed E-state index contributed by atoms with van der Waals surface area (Å²) in [5, 5.41) is 4.52. The minimum Gasteiger partial charge on any atom is -0.394 e. The van der Waals surface area contributed by atoms with Crippen molar-refractivity contribution in [1.82, 2.24) is 14.7 Å². The molecule has 1 aromatic rings. The van der Waals surface area contributed by atoms with E-state index in [4.69, 9.17) is 5.73 Å². The van der Waals surface area contributed by atoms with E-state index in [2.05, 4.69) is 23.8 Å². The fraction of sp³-hybridized carbons (Fsp3) is 0.714. The van der Waals surface area contributed by atoms with Gasteiger partial charge in [0.25, 0.3) is 0 Å². The lowest BCUT2D eigenvalue weighted by atomic mass is 9.97. The molecule has 112 valence electrons. The monoisotopic (exact) mass is 279 g/mol. The zero-order valence-corrected chi connectivity index (χ0v) is 13.3. The third kappa shape index (κ3) is 2.03. The Bertz CT molecular complexity index is 532. The summed E-state index contributed by atoms with van der Waals surface area (Å²) in [5.74, 6) is 1.22. The number of hydrogen-bond donors (Lipinski definition) is 1. The van der Waals surface area contributed by atoms with E-state index >= 15 is 0 Å². The highest BCUT2D eigenvalue weighted by Gasteiger charge is 2.42. The first kappa shape index (κ1) is 14.7. The van der Waals surface area contributed by atoms with Crippen LogP contribution >= 0.6 is 0 Å².